The lowest BCUT2D eigenvalue weighted by molar-refractivity contribution is -0.109. The summed E-state index contributed by atoms with van der Waals surface area (Å²) in [7, 11) is -1.66. The van der Waals surface area contributed by atoms with Gasteiger partial charge in [0.2, 0.25) is 0 Å². The van der Waals surface area contributed by atoms with Crippen molar-refractivity contribution < 1.29 is 9.22 Å². The zero-order chi connectivity index (χ0) is 13.4. The maximum atomic E-state index is 10.9. The highest BCUT2D eigenvalue weighted by Gasteiger charge is 2.32. The molecule has 0 aromatic heterocycles. The van der Waals surface area contributed by atoms with Crippen molar-refractivity contribution in [1.82, 2.24) is 0 Å². The number of carbonyl (C=O) groups is 1. The second-order valence-electron chi connectivity index (χ2n) is 4.66. The highest BCUT2D eigenvalue weighted by molar-refractivity contribution is 6.73. The van der Waals surface area contributed by atoms with Crippen LogP contribution in [0.4, 0.5) is 0 Å². The van der Waals surface area contributed by atoms with Crippen LogP contribution in [0.15, 0.2) is 30.3 Å². The van der Waals surface area contributed by atoms with Crippen LogP contribution in [0.1, 0.15) is 38.9 Å². The Morgan fingerprint density at radius 1 is 1.11 bits per heavy atom. The third-order valence-corrected chi connectivity index (χ3v) is 8.46. The van der Waals surface area contributed by atoms with Crippen LogP contribution >= 0.6 is 0 Å². The minimum Gasteiger partial charge on any atom is -0.410 e. The van der Waals surface area contributed by atoms with E-state index in [9.17, 15) is 4.79 Å². The van der Waals surface area contributed by atoms with Gasteiger partial charge in [0.1, 0.15) is 6.29 Å². The van der Waals surface area contributed by atoms with Gasteiger partial charge in [0, 0.05) is 6.42 Å². The minimum atomic E-state index is -1.66. The first kappa shape index (κ1) is 15.1. The van der Waals surface area contributed by atoms with E-state index in [2.05, 4.69) is 20.8 Å². The molecule has 0 aliphatic carbocycles. The summed E-state index contributed by atoms with van der Waals surface area (Å²) in [5.41, 5.74) is 1.12. The summed E-state index contributed by atoms with van der Waals surface area (Å²) in [6, 6.07) is 13.4. The third-order valence-electron chi connectivity index (χ3n) is 3.81. The van der Waals surface area contributed by atoms with Gasteiger partial charge in [0.25, 0.3) is 0 Å². The summed E-state index contributed by atoms with van der Waals surface area (Å²) in [5, 5.41) is 0. The minimum absolute atomic E-state index is 0.0600. The lowest BCUT2D eigenvalue weighted by Gasteiger charge is -2.32. The molecule has 0 bridgehead atoms. The molecule has 18 heavy (non-hydrogen) atoms. The molecule has 0 spiro atoms. The van der Waals surface area contributed by atoms with Gasteiger partial charge in [0.05, 0.1) is 6.10 Å². The van der Waals surface area contributed by atoms with Crippen LogP contribution < -0.4 is 0 Å². The summed E-state index contributed by atoms with van der Waals surface area (Å²) in [4.78, 5) is 10.9. The first-order valence-electron chi connectivity index (χ1n) is 6.87. The van der Waals surface area contributed by atoms with Crippen molar-refractivity contribution >= 4 is 14.6 Å². The third kappa shape index (κ3) is 3.78. The van der Waals surface area contributed by atoms with E-state index in [1.807, 2.05) is 30.3 Å². The van der Waals surface area contributed by atoms with Crippen LogP contribution in [0.5, 0.6) is 0 Å². The maximum absolute atomic E-state index is 10.9. The zero-order valence-corrected chi connectivity index (χ0v) is 12.7. The molecular weight excluding hydrogens is 240 g/mol. The van der Waals surface area contributed by atoms with E-state index in [0.29, 0.717) is 6.42 Å². The molecule has 0 saturated heterocycles. The number of benzene rings is 1. The molecule has 1 aromatic carbocycles. The largest absolute Gasteiger partial charge is 0.410 e. The van der Waals surface area contributed by atoms with E-state index in [-0.39, 0.29) is 6.10 Å². The van der Waals surface area contributed by atoms with Crippen LogP contribution in [0.2, 0.25) is 18.1 Å². The van der Waals surface area contributed by atoms with E-state index in [0.717, 1.165) is 30.0 Å². The van der Waals surface area contributed by atoms with E-state index >= 15 is 0 Å². The monoisotopic (exact) mass is 264 g/mol. The summed E-state index contributed by atoms with van der Waals surface area (Å²) >= 11 is 0. The lowest BCUT2D eigenvalue weighted by atomic mass is 10.1. The van der Waals surface area contributed by atoms with Crippen LogP contribution in [0.3, 0.4) is 0 Å². The number of hydrogen-bond donors (Lipinski definition) is 0. The van der Waals surface area contributed by atoms with Gasteiger partial charge in [-0.3, -0.25) is 0 Å². The van der Waals surface area contributed by atoms with Crippen LogP contribution in [0, 0.1) is 0 Å². The Morgan fingerprint density at radius 3 is 2.11 bits per heavy atom. The molecule has 1 atom stereocenters. The van der Waals surface area contributed by atoms with Crippen molar-refractivity contribution in [3.05, 3.63) is 35.9 Å². The Bertz CT molecular complexity index is 339. The van der Waals surface area contributed by atoms with Crippen LogP contribution in [-0.2, 0) is 9.22 Å². The van der Waals surface area contributed by atoms with Gasteiger partial charge in [-0.05, 0) is 23.7 Å². The molecule has 1 rings (SSSR count). The van der Waals surface area contributed by atoms with Crippen LogP contribution in [0.25, 0.3) is 0 Å². The highest BCUT2D eigenvalue weighted by Crippen LogP contribution is 2.31. The number of aldehydes is 1. The molecule has 2 nitrogen and oxygen atoms in total. The molecule has 0 N–H and O–H groups in total. The predicted octanol–water partition coefficient (Wildman–Crippen LogP) is 4.34. The Morgan fingerprint density at radius 2 is 1.67 bits per heavy atom. The molecule has 1 aromatic rings. The van der Waals surface area contributed by atoms with Gasteiger partial charge in [0.15, 0.2) is 8.32 Å². The lowest BCUT2D eigenvalue weighted by Crippen LogP contribution is -2.37. The van der Waals surface area contributed by atoms with E-state index in [1.165, 1.54) is 0 Å². The molecule has 0 aliphatic rings. The van der Waals surface area contributed by atoms with E-state index < -0.39 is 8.32 Å². The SMILES string of the molecule is CC[Si](CC)(CC)O[C@H](CC=O)c1ccccc1. The fraction of sp³-hybridized carbons (Fsp3) is 0.533. The normalized spacial score (nSPS) is 13.3. The molecule has 0 amide bonds. The highest BCUT2D eigenvalue weighted by atomic mass is 28.4. The summed E-state index contributed by atoms with van der Waals surface area (Å²) in [6.07, 6.45) is 1.37. The van der Waals surface area contributed by atoms with Crippen molar-refractivity contribution in [3.8, 4) is 0 Å². The fourth-order valence-corrected chi connectivity index (χ4v) is 5.14. The molecule has 0 heterocycles. The van der Waals surface area contributed by atoms with Gasteiger partial charge in [-0.15, -0.1) is 0 Å². The smallest absolute Gasteiger partial charge is 0.192 e. The van der Waals surface area contributed by atoms with Crippen molar-refractivity contribution in [2.75, 3.05) is 0 Å². The maximum Gasteiger partial charge on any atom is 0.192 e. The van der Waals surface area contributed by atoms with Crippen molar-refractivity contribution in [1.29, 1.82) is 0 Å². The molecule has 0 radical (unpaired) electrons. The second kappa shape index (κ2) is 7.49. The van der Waals surface area contributed by atoms with Crippen LogP contribution in [-0.4, -0.2) is 14.6 Å². The average molecular weight is 264 g/mol. The average Bonchev–Trinajstić information content (AvgIpc) is 2.45. The molecule has 3 heteroatoms. The number of rotatable bonds is 8. The first-order valence-corrected chi connectivity index (χ1v) is 9.40. The van der Waals surface area contributed by atoms with E-state index in [1.54, 1.807) is 0 Å². The number of carbonyl (C=O) groups excluding carboxylic acids is 1. The van der Waals surface area contributed by atoms with Crippen molar-refractivity contribution in [2.24, 2.45) is 0 Å². The van der Waals surface area contributed by atoms with E-state index in [4.69, 9.17) is 4.43 Å². The Balaban J connectivity index is 2.89. The predicted molar refractivity (Wildman–Crippen MR) is 78.1 cm³/mol. The fourth-order valence-electron chi connectivity index (χ4n) is 2.31. The topological polar surface area (TPSA) is 26.3 Å². The van der Waals surface area contributed by atoms with Gasteiger partial charge < -0.3 is 9.22 Å². The summed E-state index contributed by atoms with van der Waals surface area (Å²) < 4.78 is 6.42. The van der Waals surface area contributed by atoms with Gasteiger partial charge in [-0.25, -0.2) is 0 Å². The van der Waals surface area contributed by atoms with Gasteiger partial charge in [-0.1, -0.05) is 51.1 Å². The van der Waals surface area contributed by atoms with Crippen molar-refractivity contribution in [2.45, 2.75) is 51.4 Å². The summed E-state index contributed by atoms with van der Waals surface area (Å²) in [5.74, 6) is 0. The molecule has 0 saturated carbocycles. The number of hydrogen-bond acceptors (Lipinski definition) is 2. The first-order chi connectivity index (χ1) is 8.71. The molecule has 0 fully saturated rings. The molecule has 0 aliphatic heterocycles. The zero-order valence-electron chi connectivity index (χ0n) is 11.7. The Hall–Kier alpha value is -0.933. The summed E-state index contributed by atoms with van der Waals surface area (Å²) in [6.45, 7) is 6.63. The standard InChI is InChI=1S/C15H24O2Si/c1-4-18(5-2,6-3)17-15(12-13-16)14-10-8-7-9-11-14/h7-11,13,15H,4-6,12H2,1-3H3/t15-/m1/s1. The Labute approximate surface area is 111 Å². The van der Waals surface area contributed by atoms with Gasteiger partial charge >= 0.3 is 0 Å². The second-order valence-corrected chi connectivity index (χ2v) is 9.39. The Kier molecular flexibility index (Phi) is 6.29. The molecule has 0 unspecified atom stereocenters. The van der Waals surface area contributed by atoms with Gasteiger partial charge in [-0.2, -0.15) is 0 Å². The van der Waals surface area contributed by atoms with Crippen molar-refractivity contribution in [3.63, 3.8) is 0 Å². The molecular formula is C15H24O2Si. The molecule has 100 valence electrons. The quantitative estimate of drug-likeness (QED) is 0.516.